The molecule has 0 saturated heterocycles. The fourth-order valence-corrected chi connectivity index (χ4v) is 2.67. The molecule has 0 aromatic heterocycles. The molecule has 0 atom stereocenters. The van der Waals surface area contributed by atoms with Crippen LogP contribution in [-0.4, -0.2) is 19.9 Å². The lowest BCUT2D eigenvalue weighted by atomic mass is 10.2. The van der Waals surface area contributed by atoms with Crippen LogP contribution < -0.4 is 4.18 Å². The Bertz CT molecular complexity index is 866. The van der Waals surface area contributed by atoms with E-state index in [0.717, 1.165) is 6.07 Å². The summed E-state index contributed by atoms with van der Waals surface area (Å²) in [6.07, 6.45) is 0. The monoisotopic (exact) mass is 486 g/mol. The van der Waals surface area contributed by atoms with Gasteiger partial charge in [-0.25, -0.2) is 4.79 Å². The van der Waals surface area contributed by atoms with Gasteiger partial charge in [0, 0.05) is 3.57 Å². The summed E-state index contributed by atoms with van der Waals surface area (Å²) in [5, 5.41) is 0. The third-order valence-electron chi connectivity index (χ3n) is 2.86. The maximum Gasteiger partial charge on any atom is 0.534 e. The highest BCUT2D eigenvalue weighted by Gasteiger charge is 2.49. The number of esters is 1. The summed E-state index contributed by atoms with van der Waals surface area (Å²) in [6.45, 7) is -0.128. The van der Waals surface area contributed by atoms with Gasteiger partial charge in [-0.1, -0.05) is 30.3 Å². The Kier molecular flexibility index (Phi) is 5.93. The highest BCUT2D eigenvalue weighted by atomic mass is 127. The van der Waals surface area contributed by atoms with E-state index in [-0.39, 0.29) is 6.61 Å². The molecule has 0 N–H and O–H groups in total. The van der Waals surface area contributed by atoms with E-state index < -0.39 is 32.9 Å². The van der Waals surface area contributed by atoms with Crippen LogP contribution in [0.2, 0.25) is 0 Å². The van der Waals surface area contributed by atoms with Crippen LogP contribution in [0.4, 0.5) is 13.2 Å². The van der Waals surface area contributed by atoms with Gasteiger partial charge in [0.2, 0.25) is 0 Å². The molecule has 25 heavy (non-hydrogen) atoms. The molecule has 2 rings (SSSR count). The van der Waals surface area contributed by atoms with Gasteiger partial charge in [0.15, 0.2) is 5.75 Å². The van der Waals surface area contributed by atoms with Gasteiger partial charge in [-0.15, -0.1) is 0 Å². The van der Waals surface area contributed by atoms with Crippen molar-refractivity contribution in [2.45, 2.75) is 12.1 Å². The third kappa shape index (κ3) is 5.08. The van der Waals surface area contributed by atoms with Crippen molar-refractivity contribution in [3.63, 3.8) is 0 Å². The number of halogens is 4. The van der Waals surface area contributed by atoms with Crippen molar-refractivity contribution in [3.05, 3.63) is 63.2 Å². The van der Waals surface area contributed by atoms with Crippen molar-refractivity contribution in [3.8, 4) is 5.75 Å². The quantitative estimate of drug-likeness (QED) is 0.278. The van der Waals surface area contributed by atoms with E-state index in [1.165, 1.54) is 12.1 Å². The van der Waals surface area contributed by atoms with E-state index >= 15 is 0 Å². The normalized spacial score (nSPS) is 11.8. The second-order valence-electron chi connectivity index (χ2n) is 4.69. The van der Waals surface area contributed by atoms with Crippen LogP contribution in [0.5, 0.6) is 5.75 Å². The maximum absolute atomic E-state index is 12.5. The van der Waals surface area contributed by atoms with E-state index in [9.17, 15) is 26.4 Å². The minimum Gasteiger partial charge on any atom is -0.457 e. The average molecular weight is 486 g/mol. The van der Waals surface area contributed by atoms with Crippen LogP contribution in [0.25, 0.3) is 0 Å². The van der Waals surface area contributed by atoms with E-state index in [1.54, 1.807) is 30.3 Å². The smallest absolute Gasteiger partial charge is 0.457 e. The minimum absolute atomic E-state index is 0.128. The molecule has 2 aromatic carbocycles. The van der Waals surface area contributed by atoms with E-state index in [0.29, 0.717) is 9.13 Å². The maximum atomic E-state index is 12.5. The molecule has 2 aromatic rings. The first kappa shape index (κ1) is 19.5. The minimum atomic E-state index is -5.90. The molecule has 0 fully saturated rings. The van der Waals surface area contributed by atoms with Gasteiger partial charge in [0.05, 0.1) is 0 Å². The van der Waals surface area contributed by atoms with Gasteiger partial charge in [-0.3, -0.25) is 0 Å². The van der Waals surface area contributed by atoms with Crippen LogP contribution in [0.1, 0.15) is 15.9 Å². The van der Waals surface area contributed by atoms with Crippen molar-refractivity contribution in [2.24, 2.45) is 0 Å². The summed E-state index contributed by atoms with van der Waals surface area (Å²) in [7, 11) is -5.90. The fourth-order valence-electron chi connectivity index (χ4n) is 1.70. The Balaban J connectivity index is 2.25. The van der Waals surface area contributed by atoms with Gasteiger partial charge in [0.1, 0.15) is 12.2 Å². The van der Waals surface area contributed by atoms with Crippen LogP contribution in [-0.2, 0) is 21.5 Å². The molecular formula is C15H10F3IO5S. The number of benzene rings is 2. The van der Waals surface area contributed by atoms with Crippen LogP contribution in [0.15, 0.2) is 48.5 Å². The average Bonchev–Trinajstić information content (AvgIpc) is 2.54. The molecule has 134 valence electrons. The first-order valence-corrected chi connectivity index (χ1v) is 9.10. The van der Waals surface area contributed by atoms with Crippen molar-refractivity contribution >= 4 is 38.7 Å². The number of carbonyl (C=O) groups is 1. The molecule has 0 heterocycles. The SMILES string of the molecule is O=C(OCc1ccccc1)c1cc(I)ccc1OS(=O)(=O)C(F)(F)F. The molecule has 0 aliphatic rings. The number of hydrogen-bond donors (Lipinski definition) is 0. The molecule has 0 aliphatic carbocycles. The molecule has 10 heteroatoms. The molecule has 5 nitrogen and oxygen atoms in total. The van der Waals surface area contributed by atoms with Crippen molar-refractivity contribution in [1.82, 2.24) is 0 Å². The molecule has 0 radical (unpaired) electrons. The largest absolute Gasteiger partial charge is 0.534 e. The number of alkyl halides is 3. The van der Waals surface area contributed by atoms with E-state index in [1.807, 2.05) is 22.6 Å². The van der Waals surface area contributed by atoms with Gasteiger partial charge < -0.3 is 8.92 Å². The molecular weight excluding hydrogens is 476 g/mol. The lowest BCUT2D eigenvalue weighted by Crippen LogP contribution is -2.28. The van der Waals surface area contributed by atoms with Crippen LogP contribution in [0, 0.1) is 3.57 Å². The highest BCUT2D eigenvalue weighted by Crippen LogP contribution is 2.30. The standard InChI is InChI=1S/C15H10F3IO5S/c16-15(17,18)25(21,22)24-13-7-6-11(19)8-12(13)14(20)23-9-10-4-2-1-3-5-10/h1-8H,9H2. The first-order chi connectivity index (χ1) is 11.6. The zero-order valence-corrected chi connectivity index (χ0v) is 15.3. The lowest BCUT2D eigenvalue weighted by molar-refractivity contribution is -0.0500. The molecule has 0 amide bonds. The van der Waals surface area contributed by atoms with Crippen LogP contribution in [0.3, 0.4) is 0 Å². The summed E-state index contributed by atoms with van der Waals surface area (Å²) in [5.41, 5.74) is -5.37. The van der Waals surface area contributed by atoms with Crippen molar-refractivity contribution in [1.29, 1.82) is 0 Å². The van der Waals surface area contributed by atoms with Crippen LogP contribution >= 0.6 is 22.6 Å². The van der Waals surface area contributed by atoms with E-state index in [4.69, 9.17) is 4.74 Å². The molecule has 0 aliphatic heterocycles. The van der Waals surface area contributed by atoms with Gasteiger partial charge in [0.25, 0.3) is 0 Å². The highest BCUT2D eigenvalue weighted by molar-refractivity contribution is 14.1. The molecule has 0 bridgehead atoms. The number of rotatable bonds is 5. The van der Waals surface area contributed by atoms with E-state index in [2.05, 4.69) is 4.18 Å². The fraction of sp³-hybridized carbons (Fsp3) is 0.133. The summed E-state index contributed by atoms with van der Waals surface area (Å²) < 4.78 is 69.3. The number of ether oxygens (including phenoxy) is 1. The summed E-state index contributed by atoms with van der Waals surface area (Å²) in [4.78, 5) is 12.1. The lowest BCUT2D eigenvalue weighted by Gasteiger charge is -2.13. The number of hydrogen-bond acceptors (Lipinski definition) is 5. The Hall–Kier alpha value is -1.82. The Morgan fingerprint density at radius 1 is 1.08 bits per heavy atom. The molecule has 0 spiro atoms. The Labute approximate surface area is 155 Å². The summed E-state index contributed by atoms with van der Waals surface area (Å²) >= 11 is 1.81. The Morgan fingerprint density at radius 3 is 2.32 bits per heavy atom. The summed E-state index contributed by atoms with van der Waals surface area (Å²) in [5.74, 6) is -1.76. The predicted octanol–water partition coefficient (Wildman–Crippen LogP) is 3.88. The molecule has 0 unspecified atom stereocenters. The predicted molar refractivity (Wildman–Crippen MR) is 90.3 cm³/mol. The van der Waals surface area contributed by atoms with Gasteiger partial charge >= 0.3 is 21.6 Å². The molecule has 0 saturated carbocycles. The third-order valence-corrected chi connectivity index (χ3v) is 4.49. The van der Waals surface area contributed by atoms with Crippen molar-refractivity contribution in [2.75, 3.05) is 0 Å². The second-order valence-corrected chi connectivity index (χ2v) is 7.47. The zero-order chi connectivity index (χ0) is 18.7. The Morgan fingerprint density at radius 2 is 1.72 bits per heavy atom. The van der Waals surface area contributed by atoms with Crippen molar-refractivity contribution < 1.29 is 35.3 Å². The van der Waals surface area contributed by atoms with Gasteiger partial charge in [-0.05, 0) is 46.4 Å². The first-order valence-electron chi connectivity index (χ1n) is 6.61. The zero-order valence-electron chi connectivity index (χ0n) is 12.3. The topological polar surface area (TPSA) is 69.7 Å². The summed E-state index contributed by atoms with van der Waals surface area (Å²) in [6, 6.07) is 12.0. The number of carbonyl (C=O) groups excluding carboxylic acids is 1. The van der Waals surface area contributed by atoms with Gasteiger partial charge in [-0.2, -0.15) is 21.6 Å². The second kappa shape index (κ2) is 7.60.